The van der Waals surface area contributed by atoms with Gasteiger partial charge in [-0.05, 0) is 63.6 Å². The van der Waals surface area contributed by atoms with Crippen LogP contribution in [0.25, 0.3) is 0 Å². The first-order valence-corrected chi connectivity index (χ1v) is 13.6. The zero-order valence-electron chi connectivity index (χ0n) is 20.9. The lowest BCUT2D eigenvalue weighted by Crippen LogP contribution is -2.53. The van der Waals surface area contributed by atoms with Gasteiger partial charge in [0.05, 0.1) is 10.7 Å². The van der Waals surface area contributed by atoms with Crippen molar-refractivity contribution in [3.63, 3.8) is 0 Å². The molecule has 6 nitrogen and oxygen atoms in total. The Kier molecular flexibility index (Phi) is 7.36. The number of piperazine rings is 1. The van der Waals surface area contributed by atoms with E-state index in [0.717, 1.165) is 94.2 Å². The fourth-order valence-corrected chi connectivity index (χ4v) is 6.42. The van der Waals surface area contributed by atoms with E-state index in [1.165, 1.54) is 17.7 Å². The Labute approximate surface area is 216 Å². The van der Waals surface area contributed by atoms with Crippen LogP contribution in [0.3, 0.4) is 0 Å². The maximum Gasteiger partial charge on any atom is 0.425 e. The highest BCUT2D eigenvalue weighted by atomic mass is 35.5. The Morgan fingerprint density at radius 2 is 1.78 bits per heavy atom. The molecule has 1 atom stereocenters. The molecule has 1 unspecified atom stereocenters. The van der Waals surface area contributed by atoms with Gasteiger partial charge in [0, 0.05) is 57.4 Å². The lowest BCUT2D eigenvalue weighted by molar-refractivity contribution is -0.200. The zero-order chi connectivity index (χ0) is 25.5. The number of alkyl halides is 3. The number of halogens is 4. The van der Waals surface area contributed by atoms with Crippen LogP contribution in [-0.2, 0) is 11.3 Å². The van der Waals surface area contributed by atoms with Crippen LogP contribution < -0.4 is 4.90 Å². The van der Waals surface area contributed by atoms with Gasteiger partial charge in [-0.2, -0.15) is 13.2 Å². The lowest BCUT2D eigenvalue weighted by Gasteiger charge is -2.45. The van der Waals surface area contributed by atoms with Crippen LogP contribution in [0.5, 0.6) is 0 Å². The van der Waals surface area contributed by atoms with Crippen LogP contribution in [-0.4, -0.2) is 90.5 Å². The maximum atomic E-state index is 12.8. The standard InChI is InChI=1S/C26H36ClF3N4O2/c1-19(26(28,29)30)36-24(35)33-12-9-25(10-13-33)8-3-11-34(25)18-20-4-2-5-22(23(20)27)32-16-14-31(15-17-32)21-6-7-21/h2,4-5,19,21H,3,6-18H2,1H3. The Morgan fingerprint density at radius 3 is 2.42 bits per heavy atom. The molecule has 3 heterocycles. The maximum absolute atomic E-state index is 12.8. The van der Waals surface area contributed by atoms with Crippen LogP contribution in [0, 0.1) is 0 Å². The van der Waals surface area contributed by atoms with Gasteiger partial charge in [-0.15, -0.1) is 0 Å². The Balaban J connectivity index is 1.20. The second-order valence-electron chi connectivity index (χ2n) is 10.8. The summed E-state index contributed by atoms with van der Waals surface area (Å²) in [6, 6.07) is 7.10. The summed E-state index contributed by atoms with van der Waals surface area (Å²) in [5, 5.41) is 0.821. The highest BCUT2D eigenvalue weighted by Gasteiger charge is 2.45. The Morgan fingerprint density at radius 1 is 1.08 bits per heavy atom. The average Bonchev–Trinajstić information content (AvgIpc) is 3.64. The third kappa shape index (κ3) is 5.43. The number of carbonyl (C=O) groups is 1. The molecular weight excluding hydrogens is 493 g/mol. The lowest BCUT2D eigenvalue weighted by atomic mass is 9.85. The molecule has 0 radical (unpaired) electrons. The van der Waals surface area contributed by atoms with E-state index in [9.17, 15) is 18.0 Å². The van der Waals surface area contributed by atoms with Crippen LogP contribution >= 0.6 is 11.6 Å². The summed E-state index contributed by atoms with van der Waals surface area (Å²) in [5.74, 6) is 0. The minimum atomic E-state index is -4.55. The molecule has 0 bridgehead atoms. The van der Waals surface area contributed by atoms with Crippen LogP contribution in [0.4, 0.5) is 23.7 Å². The molecule has 0 N–H and O–H groups in total. The number of anilines is 1. The van der Waals surface area contributed by atoms with E-state index in [0.29, 0.717) is 13.1 Å². The van der Waals surface area contributed by atoms with Crippen molar-refractivity contribution >= 4 is 23.4 Å². The molecule has 1 aliphatic carbocycles. The molecule has 200 valence electrons. The predicted octanol–water partition coefficient (Wildman–Crippen LogP) is 5.14. The van der Waals surface area contributed by atoms with Crippen molar-refractivity contribution in [3.8, 4) is 0 Å². The summed E-state index contributed by atoms with van der Waals surface area (Å²) in [7, 11) is 0. The molecule has 1 saturated carbocycles. The van der Waals surface area contributed by atoms with Crippen LogP contribution in [0.2, 0.25) is 5.02 Å². The quantitative estimate of drug-likeness (QED) is 0.529. The molecule has 1 amide bonds. The topological polar surface area (TPSA) is 39.3 Å². The van der Waals surface area contributed by atoms with Crippen molar-refractivity contribution < 1.29 is 22.7 Å². The number of nitrogens with zero attached hydrogens (tertiary/aromatic N) is 4. The summed E-state index contributed by atoms with van der Waals surface area (Å²) >= 11 is 6.97. The normalized spacial score (nSPS) is 24.4. The number of ether oxygens (including phenoxy) is 1. The van der Waals surface area contributed by atoms with Crippen molar-refractivity contribution in [3.05, 3.63) is 28.8 Å². The average molecular weight is 529 g/mol. The van der Waals surface area contributed by atoms with Crippen molar-refractivity contribution in [2.45, 2.75) is 75.9 Å². The molecule has 3 aliphatic heterocycles. The highest BCUT2D eigenvalue weighted by Crippen LogP contribution is 2.41. The van der Waals surface area contributed by atoms with Gasteiger partial charge in [0.25, 0.3) is 0 Å². The molecule has 1 aromatic rings. The van der Waals surface area contributed by atoms with Crippen molar-refractivity contribution in [2.24, 2.45) is 0 Å². The number of piperidine rings is 1. The molecule has 10 heteroatoms. The molecule has 1 aromatic carbocycles. The van der Waals surface area contributed by atoms with E-state index in [1.54, 1.807) is 0 Å². The number of carbonyl (C=O) groups excluding carboxylic acids is 1. The fraction of sp³-hybridized carbons (Fsp3) is 0.731. The number of benzene rings is 1. The van der Waals surface area contributed by atoms with Gasteiger partial charge in [-0.25, -0.2) is 4.79 Å². The fourth-order valence-electron chi connectivity index (χ4n) is 6.11. The predicted molar refractivity (Wildman–Crippen MR) is 133 cm³/mol. The Bertz CT molecular complexity index is 942. The van der Waals surface area contributed by atoms with Crippen molar-refractivity contribution in [2.75, 3.05) is 50.7 Å². The summed E-state index contributed by atoms with van der Waals surface area (Å²) in [6.45, 7) is 7.52. The second kappa shape index (κ2) is 10.2. The minimum absolute atomic E-state index is 0.0539. The van der Waals surface area contributed by atoms with Gasteiger partial charge in [-0.3, -0.25) is 9.80 Å². The number of amides is 1. The molecule has 36 heavy (non-hydrogen) atoms. The van der Waals surface area contributed by atoms with E-state index in [4.69, 9.17) is 11.6 Å². The molecule has 0 aromatic heterocycles. The molecule has 3 saturated heterocycles. The van der Waals surface area contributed by atoms with Gasteiger partial charge in [0.2, 0.25) is 0 Å². The van der Waals surface area contributed by atoms with E-state index >= 15 is 0 Å². The minimum Gasteiger partial charge on any atom is -0.437 e. The first-order chi connectivity index (χ1) is 17.2. The summed E-state index contributed by atoms with van der Waals surface area (Å²) in [4.78, 5) is 21.2. The number of likely N-dealkylation sites (tertiary alicyclic amines) is 2. The third-order valence-corrected chi connectivity index (χ3v) is 9.01. The largest absolute Gasteiger partial charge is 0.437 e. The van der Waals surface area contributed by atoms with Gasteiger partial charge in [0.1, 0.15) is 0 Å². The monoisotopic (exact) mass is 528 g/mol. The number of hydrogen-bond donors (Lipinski definition) is 0. The Hall–Kier alpha value is -1.71. The number of rotatable bonds is 5. The molecular formula is C26H36ClF3N4O2. The van der Waals surface area contributed by atoms with Gasteiger partial charge in [0.15, 0.2) is 6.10 Å². The summed E-state index contributed by atoms with van der Waals surface area (Å²) < 4.78 is 43.0. The summed E-state index contributed by atoms with van der Waals surface area (Å²) in [6.07, 6.45) is -1.32. The SMILES string of the molecule is CC(OC(=O)N1CCC2(CCCN2Cc2cccc(N3CCN(C4CC4)CC3)c2Cl)CC1)C(F)(F)F. The third-order valence-electron chi connectivity index (χ3n) is 8.57. The molecule has 1 spiro atoms. The van der Waals surface area contributed by atoms with Crippen molar-refractivity contribution in [1.29, 1.82) is 0 Å². The first kappa shape index (κ1) is 25.9. The van der Waals surface area contributed by atoms with E-state index in [2.05, 4.69) is 37.6 Å². The second-order valence-corrected chi connectivity index (χ2v) is 11.2. The first-order valence-electron chi connectivity index (χ1n) is 13.2. The van der Waals surface area contributed by atoms with Gasteiger partial charge < -0.3 is 14.5 Å². The van der Waals surface area contributed by atoms with Gasteiger partial charge >= 0.3 is 12.3 Å². The van der Waals surface area contributed by atoms with Crippen LogP contribution in [0.15, 0.2) is 18.2 Å². The van der Waals surface area contributed by atoms with E-state index < -0.39 is 18.4 Å². The van der Waals surface area contributed by atoms with E-state index in [1.807, 2.05) is 0 Å². The van der Waals surface area contributed by atoms with Crippen LogP contribution in [0.1, 0.15) is 51.0 Å². The van der Waals surface area contributed by atoms with Crippen molar-refractivity contribution in [1.82, 2.24) is 14.7 Å². The van der Waals surface area contributed by atoms with E-state index in [-0.39, 0.29) is 5.54 Å². The summed E-state index contributed by atoms with van der Waals surface area (Å²) in [5.41, 5.74) is 2.16. The van der Waals surface area contributed by atoms with Gasteiger partial charge in [-0.1, -0.05) is 23.7 Å². The smallest absolute Gasteiger partial charge is 0.425 e. The molecule has 5 rings (SSSR count). The molecule has 4 aliphatic rings. The zero-order valence-corrected chi connectivity index (χ0v) is 21.7. The number of hydrogen-bond acceptors (Lipinski definition) is 5. The highest BCUT2D eigenvalue weighted by molar-refractivity contribution is 6.34. The molecule has 4 fully saturated rings.